The summed E-state index contributed by atoms with van der Waals surface area (Å²) in [7, 11) is 0. The summed E-state index contributed by atoms with van der Waals surface area (Å²) in [5, 5.41) is 2.93. The topological polar surface area (TPSA) is 55.1 Å². The Bertz CT molecular complexity index is 227. The van der Waals surface area contributed by atoms with Gasteiger partial charge in [-0.05, 0) is 38.0 Å². The molecule has 0 bridgehead atoms. The van der Waals surface area contributed by atoms with Gasteiger partial charge in [-0.2, -0.15) is 0 Å². The molecular weight excluding hydrogens is 208 g/mol. The Kier molecular flexibility index (Phi) is 5.61. The van der Waals surface area contributed by atoms with Gasteiger partial charge in [-0.25, -0.2) is 0 Å². The summed E-state index contributed by atoms with van der Waals surface area (Å²) >= 11 is 4.77. The predicted octanol–water partition coefficient (Wildman–Crippen LogP) is 1.75. The van der Waals surface area contributed by atoms with E-state index >= 15 is 0 Å². The van der Waals surface area contributed by atoms with Crippen LogP contribution in [0.5, 0.6) is 0 Å². The van der Waals surface area contributed by atoms with Crippen molar-refractivity contribution in [3.63, 3.8) is 0 Å². The zero-order chi connectivity index (χ0) is 11.1. The molecule has 1 amide bonds. The van der Waals surface area contributed by atoms with Crippen LogP contribution in [0.25, 0.3) is 0 Å². The highest BCUT2D eigenvalue weighted by molar-refractivity contribution is 7.80. The molecule has 0 unspecified atom stereocenters. The largest absolute Gasteiger partial charge is 0.393 e. The first-order valence-electron chi connectivity index (χ1n) is 5.73. The van der Waals surface area contributed by atoms with Crippen molar-refractivity contribution in [2.24, 2.45) is 11.7 Å². The molecule has 3 N–H and O–H groups in total. The SMILES string of the molecule is NC(=S)CCCCNC(=O)CC1CCC1. The normalized spacial score (nSPS) is 15.7. The van der Waals surface area contributed by atoms with Crippen LogP contribution in [-0.4, -0.2) is 17.4 Å². The fourth-order valence-electron chi connectivity index (χ4n) is 1.68. The van der Waals surface area contributed by atoms with Crippen LogP contribution in [0.15, 0.2) is 0 Å². The van der Waals surface area contributed by atoms with Crippen molar-refractivity contribution in [3.8, 4) is 0 Å². The molecule has 0 aliphatic heterocycles. The van der Waals surface area contributed by atoms with E-state index < -0.39 is 0 Å². The van der Waals surface area contributed by atoms with E-state index in [9.17, 15) is 4.79 Å². The minimum atomic E-state index is 0.204. The van der Waals surface area contributed by atoms with Crippen LogP contribution in [0.3, 0.4) is 0 Å². The van der Waals surface area contributed by atoms with Crippen LogP contribution in [0, 0.1) is 5.92 Å². The van der Waals surface area contributed by atoms with E-state index in [1.807, 2.05) is 0 Å². The molecule has 3 nitrogen and oxygen atoms in total. The lowest BCUT2D eigenvalue weighted by atomic mass is 9.83. The summed E-state index contributed by atoms with van der Waals surface area (Å²) in [5.41, 5.74) is 5.37. The molecule has 0 heterocycles. The highest BCUT2D eigenvalue weighted by Gasteiger charge is 2.19. The third kappa shape index (κ3) is 5.72. The number of thiocarbonyl (C=S) groups is 1. The molecule has 1 fully saturated rings. The van der Waals surface area contributed by atoms with Crippen molar-refractivity contribution in [2.45, 2.75) is 44.9 Å². The molecule has 0 aromatic heterocycles. The smallest absolute Gasteiger partial charge is 0.220 e. The first kappa shape index (κ1) is 12.4. The van der Waals surface area contributed by atoms with E-state index in [2.05, 4.69) is 5.32 Å². The number of carbonyl (C=O) groups is 1. The average molecular weight is 228 g/mol. The Morgan fingerprint density at radius 2 is 2.13 bits per heavy atom. The van der Waals surface area contributed by atoms with Crippen LogP contribution in [0.1, 0.15) is 44.9 Å². The molecule has 86 valence electrons. The summed E-state index contributed by atoms with van der Waals surface area (Å²) in [6, 6.07) is 0. The number of hydrogen-bond donors (Lipinski definition) is 2. The summed E-state index contributed by atoms with van der Waals surface area (Å²) in [6.45, 7) is 0.758. The Morgan fingerprint density at radius 3 is 2.67 bits per heavy atom. The van der Waals surface area contributed by atoms with Crippen molar-refractivity contribution in [1.29, 1.82) is 0 Å². The Morgan fingerprint density at radius 1 is 1.40 bits per heavy atom. The second-order valence-electron chi connectivity index (χ2n) is 4.27. The molecule has 0 aromatic carbocycles. The van der Waals surface area contributed by atoms with Gasteiger partial charge in [-0.15, -0.1) is 0 Å². The van der Waals surface area contributed by atoms with E-state index in [4.69, 9.17) is 18.0 Å². The van der Waals surface area contributed by atoms with Gasteiger partial charge < -0.3 is 11.1 Å². The molecular formula is C11H20N2OS. The zero-order valence-corrected chi connectivity index (χ0v) is 9.94. The van der Waals surface area contributed by atoms with Gasteiger partial charge in [0, 0.05) is 13.0 Å². The van der Waals surface area contributed by atoms with Crippen LogP contribution in [0.2, 0.25) is 0 Å². The number of amides is 1. The van der Waals surface area contributed by atoms with Crippen LogP contribution < -0.4 is 11.1 Å². The summed E-state index contributed by atoms with van der Waals surface area (Å²) in [4.78, 5) is 11.9. The summed E-state index contributed by atoms with van der Waals surface area (Å²) in [5.74, 6) is 0.858. The van der Waals surface area contributed by atoms with Crippen molar-refractivity contribution >= 4 is 23.1 Å². The third-order valence-corrected chi connectivity index (χ3v) is 3.08. The second-order valence-corrected chi connectivity index (χ2v) is 4.80. The first-order chi connectivity index (χ1) is 7.18. The number of unbranched alkanes of at least 4 members (excludes halogenated alkanes) is 1. The van der Waals surface area contributed by atoms with Crippen molar-refractivity contribution < 1.29 is 4.79 Å². The van der Waals surface area contributed by atoms with Crippen LogP contribution >= 0.6 is 12.2 Å². The number of nitrogens with one attached hydrogen (secondary N) is 1. The minimum Gasteiger partial charge on any atom is -0.393 e. The third-order valence-electron chi connectivity index (χ3n) is 2.87. The maximum Gasteiger partial charge on any atom is 0.220 e. The molecule has 1 aliphatic rings. The van der Waals surface area contributed by atoms with Gasteiger partial charge in [0.05, 0.1) is 4.99 Å². The number of rotatable bonds is 7. The molecule has 0 radical (unpaired) electrons. The van der Waals surface area contributed by atoms with Gasteiger partial charge in [-0.1, -0.05) is 18.6 Å². The number of carbonyl (C=O) groups excluding carboxylic acids is 1. The Hall–Kier alpha value is -0.640. The number of nitrogens with two attached hydrogens (primary N) is 1. The average Bonchev–Trinajstić information content (AvgIpc) is 2.10. The molecule has 4 heteroatoms. The zero-order valence-electron chi connectivity index (χ0n) is 9.13. The standard InChI is InChI=1S/C11H20N2OS/c12-10(15)6-1-2-7-13-11(14)8-9-4-3-5-9/h9H,1-8H2,(H2,12,15)(H,13,14). The van der Waals surface area contributed by atoms with E-state index in [1.165, 1.54) is 19.3 Å². The van der Waals surface area contributed by atoms with Crippen molar-refractivity contribution in [2.75, 3.05) is 6.54 Å². The van der Waals surface area contributed by atoms with Gasteiger partial charge >= 0.3 is 0 Å². The lowest BCUT2D eigenvalue weighted by Gasteiger charge is -2.24. The molecule has 0 atom stereocenters. The Balaban J connectivity index is 1.90. The van der Waals surface area contributed by atoms with Crippen molar-refractivity contribution in [1.82, 2.24) is 5.32 Å². The van der Waals surface area contributed by atoms with E-state index in [1.54, 1.807) is 0 Å². The monoisotopic (exact) mass is 228 g/mol. The maximum atomic E-state index is 11.4. The van der Waals surface area contributed by atoms with Gasteiger partial charge in [0.1, 0.15) is 0 Å². The van der Waals surface area contributed by atoms with Gasteiger partial charge in [0.15, 0.2) is 0 Å². The van der Waals surface area contributed by atoms with Gasteiger partial charge in [0.25, 0.3) is 0 Å². The molecule has 0 saturated heterocycles. The molecule has 0 aromatic rings. The maximum absolute atomic E-state index is 11.4. The summed E-state index contributed by atoms with van der Waals surface area (Å²) in [6.07, 6.45) is 7.20. The molecule has 0 spiro atoms. The summed E-state index contributed by atoms with van der Waals surface area (Å²) < 4.78 is 0. The Labute approximate surface area is 96.8 Å². The quantitative estimate of drug-likeness (QED) is 0.515. The lowest BCUT2D eigenvalue weighted by Crippen LogP contribution is -2.28. The van der Waals surface area contributed by atoms with E-state index in [0.29, 0.717) is 10.9 Å². The van der Waals surface area contributed by atoms with E-state index in [0.717, 1.165) is 32.2 Å². The molecule has 1 rings (SSSR count). The first-order valence-corrected chi connectivity index (χ1v) is 6.14. The molecule has 1 saturated carbocycles. The van der Waals surface area contributed by atoms with Crippen molar-refractivity contribution in [3.05, 3.63) is 0 Å². The van der Waals surface area contributed by atoms with Crippen LogP contribution in [-0.2, 0) is 4.79 Å². The highest BCUT2D eigenvalue weighted by atomic mass is 32.1. The van der Waals surface area contributed by atoms with Crippen LogP contribution in [0.4, 0.5) is 0 Å². The fourth-order valence-corrected chi connectivity index (χ4v) is 1.83. The minimum absolute atomic E-state index is 0.204. The van der Waals surface area contributed by atoms with Gasteiger partial charge in [-0.3, -0.25) is 4.79 Å². The highest BCUT2D eigenvalue weighted by Crippen LogP contribution is 2.28. The number of hydrogen-bond acceptors (Lipinski definition) is 2. The van der Waals surface area contributed by atoms with Gasteiger partial charge in [0.2, 0.25) is 5.91 Å². The lowest BCUT2D eigenvalue weighted by molar-refractivity contribution is -0.122. The predicted molar refractivity (Wildman–Crippen MR) is 65.6 cm³/mol. The fraction of sp³-hybridized carbons (Fsp3) is 0.818. The molecule has 15 heavy (non-hydrogen) atoms. The second kappa shape index (κ2) is 6.77. The molecule has 1 aliphatic carbocycles. The van der Waals surface area contributed by atoms with E-state index in [-0.39, 0.29) is 5.91 Å².